The van der Waals surface area contributed by atoms with Crippen LogP contribution in [0.3, 0.4) is 0 Å². The Morgan fingerprint density at radius 2 is 0.585 bits per heavy atom. The minimum absolute atomic E-state index is 0.202. The zero-order valence-corrected chi connectivity index (χ0v) is 74.7. The number of aryl methyl sites for hydroxylation is 2. The fraction of sp³-hybridized carbons (Fsp3) is 0.0182. The SMILES string of the molecule is Cc1ccc2c3cccc4c3n(c2c1)-c1ccccc1B4c1ccccc1.Cc1cccc2c3cccc4c3n(c12)-c1ccccc1B4c1ccccc1.[BH2-]1B2B3B1P23(Nc1ccccc1)c1cc2c3c(c1)c1ccccc1n3-c1ccccc1B2c1ccccc1.[BH2-]1B2B3B1P23(Nc1ccccc1)c1ccc2c3c1c1ccccc1n3-c1ccccc1B2c1ccccc1. The Morgan fingerprint density at radius 1 is 0.238 bits per heavy atom. The van der Waals surface area contributed by atoms with Crippen LogP contribution in [0.1, 0.15) is 11.1 Å². The van der Waals surface area contributed by atoms with Crippen molar-refractivity contribution < 1.29 is 0 Å². The van der Waals surface area contributed by atoms with Gasteiger partial charge >= 0.3 is 449 Å². The molecule has 600 valence electrons. The summed E-state index contributed by atoms with van der Waals surface area (Å²) >= 11 is 0. The van der Waals surface area contributed by atoms with Gasteiger partial charge in [0.05, 0.1) is 11.0 Å². The van der Waals surface area contributed by atoms with E-state index in [1.54, 1.807) is 10.6 Å². The summed E-state index contributed by atoms with van der Waals surface area (Å²) in [6, 6.07) is 158. The molecule has 16 heterocycles. The van der Waals surface area contributed by atoms with E-state index in [0.717, 1.165) is 37.3 Å². The van der Waals surface area contributed by atoms with Crippen LogP contribution in [0.4, 0.5) is 11.4 Å². The molecule has 6 nitrogen and oxygen atoms in total. The van der Waals surface area contributed by atoms with E-state index in [0.29, 0.717) is 0 Å². The van der Waals surface area contributed by atoms with Crippen LogP contribution in [0.2, 0.25) is 0 Å². The van der Waals surface area contributed by atoms with Crippen LogP contribution >= 0.6 is 12.8 Å². The van der Waals surface area contributed by atoms with E-state index in [9.17, 15) is 0 Å². The van der Waals surface area contributed by atoms with Crippen molar-refractivity contribution in [1.82, 2.24) is 18.3 Å². The fourth-order valence-electron chi connectivity index (χ4n) is 29.1. The van der Waals surface area contributed by atoms with E-state index in [1.807, 2.05) is 0 Å². The Hall–Kier alpha value is -13.6. The van der Waals surface area contributed by atoms with E-state index in [-0.39, 0.29) is 41.0 Å². The van der Waals surface area contributed by atoms with E-state index in [4.69, 9.17) is 0 Å². The fourth-order valence-corrected chi connectivity index (χ4v) is 49.6. The molecular formula is C110H82B12N6P2-2. The van der Waals surface area contributed by atoms with Gasteiger partial charge in [0, 0.05) is 44.0 Å². The molecule has 130 heavy (non-hydrogen) atoms. The standard InChI is InChI=1S/2C30H23B5N2P.2C25H18BN/c1-3-11-21(12-4-1)32-26-16-8-10-18-29(26)37-28-17-9-7-15-24(28)25-19-23(20-27(32)30(25)37)38(33-31-34(38)35(33)38)36-22-13-5-2-6-14-22;1-3-11-21(12-4-1)32-24-16-8-10-18-27(24)37-26-17-9-7-15-23(26)29-28(20-19-25(32)30(29)37)38(33-31-34(38)35(33)38)36-22-13-5-2-6-14-22;1-17-9-7-12-19-20-13-8-15-22-25(20)27(24(17)19)23-16-6-5-14-21(23)26(22)18-10-3-2-4-11-18;1-17-14-15-19-20-10-7-12-22-25(20)27(24(19)16-17)23-13-6-5-11-21(23)26(22)18-8-3-2-4-9-18/h2*1-20,36H,31H2;2*2-16H,1H3/q2*-1;;. The summed E-state index contributed by atoms with van der Waals surface area (Å²) < 4.78 is 10.1. The second-order valence-corrected chi connectivity index (χ2v) is 50.8. The molecule has 20 heteroatoms. The number of rotatable bonds is 10. The van der Waals surface area contributed by atoms with Crippen molar-refractivity contribution in [3.8, 4) is 22.7 Å². The van der Waals surface area contributed by atoms with Crippen LogP contribution in [-0.2, 0) is 0 Å². The summed E-state index contributed by atoms with van der Waals surface area (Å²) in [6.45, 7) is 5.41. The third-order valence-corrected chi connectivity index (χ3v) is 51.4. The summed E-state index contributed by atoms with van der Waals surface area (Å²) in [7, 11) is 0.414. The Morgan fingerprint density at radius 3 is 1.08 bits per heavy atom. The molecule has 0 radical (unpaired) electrons. The van der Waals surface area contributed by atoms with Crippen molar-refractivity contribution in [3.05, 3.63) is 436 Å². The average Bonchev–Trinajstić information content (AvgIpc) is 1.36. The second-order valence-electron chi connectivity index (χ2n) is 39.5. The maximum atomic E-state index is 4.33. The van der Waals surface area contributed by atoms with E-state index in [1.165, 1.54) is 198 Å². The topological polar surface area (TPSA) is 43.8 Å². The zero-order valence-electron chi connectivity index (χ0n) is 72.9. The molecule has 18 aromatic carbocycles. The molecule has 0 unspecified atom stereocenters. The predicted molar refractivity (Wildman–Crippen MR) is 582 cm³/mol. The zero-order chi connectivity index (χ0) is 85.2. The number of nitrogens with zero attached hydrogens (tertiary/aromatic N) is 4. The van der Waals surface area contributed by atoms with Gasteiger partial charge in [-0.3, -0.25) is 0 Å². The van der Waals surface area contributed by atoms with Gasteiger partial charge in [-0.25, -0.2) is 0 Å². The quantitative estimate of drug-likeness (QED) is 0.106. The number of aromatic nitrogens is 4. The van der Waals surface area contributed by atoms with E-state index >= 15 is 0 Å². The monoisotopic (exact) mass is 1680 g/mol. The van der Waals surface area contributed by atoms with Crippen molar-refractivity contribution in [2.75, 3.05) is 10.2 Å². The van der Waals surface area contributed by atoms with Gasteiger partial charge in [-0.15, -0.1) is 0 Å². The molecule has 12 aliphatic rings. The Kier molecular flexibility index (Phi) is 15.5. The average molecular weight is 1680 g/mol. The van der Waals surface area contributed by atoms with Gasteiger partial charge in [-0.05, 0) is 65.0 Å². The van der Waals surface area contributed by atoms with Gasteiger partial charge in [-0.1, -0.05) is 175 Å². The molecule has 0 aliphatic carbocycles. The van der Waals surface area contributed by atoms with Crippen LogP contribution in [0.15, 0.2) is 425 Å². The molecule has 34 rings (SSSR count). The van der Waals surface area contributed by atoms with Crippen LogP contribution in [0.5, 0.6) is 0 Å². The summed E-state index contributed by atoms with van der Waals surface area (Å²) in [5.41, 5.74) is 38.2. The van der Waals surface area contributed by atoms with Gasteiger partial charge in [0.2, 0.25) is 13.4 Å². The minimum atomic E-state index is -2.10. The van der Waals surface area contributed by atoms with Crippen molar-refractivity contribution in [2.45, 2.75) is 13.8 Å². The van der Waals surface area contributed by atoms with Crippen molar-refractivity contribution in [3.63, 3.8) is 0 Å². The second kappa shape index (κ2) is 27.0. The first-order valence-corrected chi connectivity index (χ1v) is 52.3. The normalized spacial score (nSPS) is 16.5. The molecule has 0 amide bonds. The van der Waals surface area contributed by atoms with Gasteiger partial charge in [0.25, 0.3) is 0 Å². The Labute approximate surface area is 760 Å². The molecule has 2 N–H and O–H groups in total. The molecule has 4 aromatic heterocycles. The van der Waals surface area contributed by atoms with Crippen LogP contribution in [0, 0.1) is 13.8 Å². The van der Waals surface area contributed by atoms with Crippen molar-refractivity contribution in [1.29, 1.82) is 0 Å². The molecule has 8 saturated heterocycles. The molecule has 22 aromatic rings. The first-order chi connectivity index (χ1) is 64.3. The van der Waals surface area contributed by atoms with Crippen LogP contribution in [0.25, 0.3) is 110 Å². The molecule has 8 fully saturated rings. The summed E-state index contributed by atoms with van der Waals surface area (Å²) in [5.74, 6) is 0. The number of hydrogen-bond acceptors (Lipinski definition) is 2. The van der Waals surface area contributed by atoms with Gasteiger partial charge in [-0.2, -0.15) is 0 Å². The van der Waals surface area contributed by atoms with E-state index < -0.39 is 12.8 Å². The third-order valence-electron chi connectivity index (χ3n) is 34.6. The number of nitrogens with one attached hydrogen (secondary N) is 2. The molecule has 4 bridgehead atoms. The van der Waals surface area contributed by atoms with Crippen LogP contribution in [-0.4, -0.2) is 96.5 Å². The molecular weight excluding hydrogens is 1600 g/mol. The van der Waals surface area contributed by atoms with Gasteiger partial charge in [0.15, 0.2) is 0 Å². The van der Waals surface area contributed by atoms with Gasteiger partial charge < -0.3 is 9.13 Å². The van der Waals surface area contributed by atoms with Gasteiger partial charge in [0.1, 0.15) is 0 Å². The molecule has 0 spiro atoms. The predicted octanol–water partition coefficient (Wildman–Crippen LogP) is 14.2. The van der Waals surface area contributed by atoms with Crippen molar-refractivity contribution in [2.24, 2.45) is 0 Å². The summed E-state index contributed by atoms with van der Waals surface area (Å²) in [4.78, 5) is 0. The third kappa shape index (κ3) is 9.55. The first kappa shape index (κ1) is 74.3. The Bertz CT molecular complexity index is 8590. The number of fused-ring (bicyclic) bond motifs is 20. The van der Waals surface area contributed by atoms with E-state index in [2.05, 4.69) is 467 Å². The van der Waals surface area contributed by atoms with Crippen LogP contribution < -0.4 is 86.3 Å². The number of anilines is 2. The van der Waals surface area contributed by atoms with Crippen molar-refractivity contribution >= 4 is 266 Å². The number of benzene rings is 18. The molecule has 0 atom stereocenters. The summed E-state index contributed by atoms with van der Waals surface area (Å²) in [5, 5.41) is 23.2. The first-order valence-electron chi connectivity index (χ1n) is 47.4. The number of para-hydroxylation sites is 11. The molecule has 0 saturated carbocycles. The summed E-state index contributed by atoms with van der Waals surface area (Å²) in [6.07, 6.45) is 1.79. The maximum absolute atomic E-state index is 4.33. The Balaban J connectivity index is 0.0000000865. The number of hydrogen-bond donors (Lipinski definition) is 2. The molecule has 12 aliphatic heterocycles.